The van der Waals surface area contributed by atoms with Crippen LogP contribution in [0.4, 0.5) is 0 Å². The minimum Gasteiger partial charge on any atom is -0.355 e. The van der Waals surface area contributed by atoms with Crippen LogP contribution in [0.1, 0.15) is 27.9 Å². The second kappa shape index (κ2) is 7.75. The summed E-state index contributed by atoms with van der Waals surface area (Å²) >= 11 is 1.65. The fourth-order valence-corrected chi connectivity index (χ4v) is 2.85. The summed E-state index contributed by atoms with van der Waals surface area (Å²) < 4.78 is 0. The Kier molecular flexibility index (Phi) is 5.72. The summed E-state index contributed by atoms with van der Waals surface area (Å²) in [6.45, 7) is 0.552. The van der Waals surface area contributed by atoms with Crippen molar-refractivity contribution < 1.29 is 9.59 Å². The van der Waals surface area contributed by atoms with Crippen LogP contribution < -0.4 is 5.32 Å². The first kappa shape index (κ1) is 16.2. The Labute approximate surface area is 134 Å². The van der Waals surface area contributed by atoms with Crippen LogP contribution >= 0.6 is 11.3 Å². The lowest BCUT2D eigenvalue weighted by atomic mass is 10.1. The molecule has 0 bridgehead atoms. The summed E-state index contributed by atoms with van der Waals surface area (Å²) in [5.41, 5.74) is 2.85. The molecule has 2 aromatic rings. The van der Waals surface area contributed by atoms with E-state index in [1.54, 1.807) is 35.4 Å². The molecule has 5 heteroatoms. The summed E-state index contributed by atoms with van der Waals surface area (Å²) in [5, 5.41) is 6.69. The molecule has 4 nitrogen and oxygen atoms in total. The molecular formula is C17H20N2O2S. The van der Waals surface area contributed by atoms with E-state index in [1.165, 1.54) is 5.56 Å². The lowest BCUT2D eigenvalue weighted by Crippen LogP contribution is -2.26. The second-order valence-corrected chi connectivity index (χ2v) is 5.94. The largest absolute Gasteiger partial charge is 0.355 e. The zero-order valence-electron chi connectivity index (χ0n) is 12.8. The van der Waals surface area contributed by atoms with Gasteiger partial charge in [-0.05, 0) is 46.5 Å². The van der Waals surface area contributed by atoms with Crippen molar-refractivity contribution in [1.82, 2.24) is 10.2 Å². The second-order valence-electron chi connectivity index (χ2n) is 5.16. The summed E-state index contributed by atoms with van der Waals surface area (Å²) in [4.78, 5) is 25.3. The molecule has 0 unspecified atom stereocenters. The molecule has 0 fully saturated rings. The van der Waals surface area contributed by atoms with Crippen molar-refractivity contribution in [2.24, 2.45) is 0 Å². The highest BCUT2D eigenvalue weighted by Crippen LogP contribution is 2.11. The zero-order chi connectivity index (χ0) is 15.9. The maximum absolute atomic E-state index is 12.1. The van der Waals surface area contributed by atoms with Crippen molar-refractivity contribution in [2.75, 3.05) is 14.1 Å². The Morgan fingerprint density at radius 1 is 1.14 bits per heavy atom. The normalized spacial score (nSPS) is 10.3. The zero-order valence-corrected chi connectivity index (χ0v) is 13.7. The van der Waals surface area contributed by atoms with Crippen molar-refractivity contribution in [1.29, 1.82) is 0 Å². The van der Waals surface area contributed by atoms with E-state index in [0.717, 1.165) is 12.0 Å². The number of hydrogen-bond donors (Lipinski definition) is 1. The van der Waals surface area contributed by atoms with Crippen LogP contribution in [-0.2, 0) is 17.8 Å². The lowest BCUT2D eigenvalue weighted by Gasteiger charge is -2.17. The number of nitrogens with one attached hydrogen (secondary N) is 1. The highest BCUT2D eigenvalue weighted by molar-refractivity contribution is 7.07. The fourth-order valence-electron chi connectivity index (χ4n) is 2.14. The number of amides is 2. The first-order valence-corrected chi connectivity index (χ1v) is 8.10. The third-order valence-corrected chi connectivity index (χ3v) is 4.23. The van der Waals surface area contributed by atoms with E-state index >= 15 is 0 Å². The standard InChI is InChI=1S/C17H20N2O2S/c1-18-17(21)15-6-3-13(4-7-15)11-19(2)16(20)8-5-14-9-10-22-12-14/h3-4,6-7,9-10,12H,5,8,11H2,1-2H3,(H,18,21). The number of thiophene rings is 1. The predicted octanol–water partition coefficient (Wildman–Crippen LogP) is 2.70. The summed E-state index contributed by atoms with van der Waals surface area (Å²) in [6, 6.07) is 9.37. The molecule has 0 aliphatic rings. The third kappa shape index (κ3) is 4.43. The van der Waals surface area contributed by atoms with Gasteiger partial charge in [0.05, 0.1) is 0 Å². The number of rotatable bonds is 6. The maximum Gasteiger partial charge on any atom is 0.251 e. The van der Waals surface area contributed by atoms with E-state index in [1.807, 2.05) is 24.6 Å². The molecule has 2 rings (SSSR count). The smallest absolute Gasteiger partial charge is 0.251 e. The van der Waals surface area contributed by atoms with Crippen molar-refractivity contribution >= 4 is 23.2 Å². The molecule has 0 radical (unpaired) electrons. The van der Waals surface area contributed by atoms with Gasteiger partial charge >= 0.3 is 0 Å². The molecule has 0 aliphatic carbocycles. The Hall–Kier alpha value is -2.14. The molecular weight excluding hydrogens is 296 g/mol. The van der Waals surface area contributed by atoms with Gasteiger partial charge in [0.25, 0.3) is 5.91 Å². The fraction of sp³-hybridized carbons (Fsp3) is 0.294. The first-order valence-electron chi connectivity index (χ1n) is 7.16. The van der Waals surface area contributed by atoms with E-state index in [4.69, 9.17) is 0 Å². The van der Waals surface area contributed by atoms with Gasteiger partial charge in [-0.25, -0.2) is 0 Å². The molecule has 1 aromatic carbocycles. The lowest BCUT2D eigenvalue weighted by molar-refractivity contribution is -0.130. The summed E-state index contributed by atoms with van der Waals surface area (Å²) in [7, 11) is 3.42. The monoisotopic (exact) mass is 316 g/mol. The summed E-state index contributed by atoms with van der Waals surface area (Å²) in [6.07, 6.45) is 1.30. The minimum atomic E-state index is -0.105. The van der Waals surface area contributed by atoms with Crippen LogP contribution in [0.15, 0.2) is 41.1 Å². The van der Waals surface area contributed by atoms with Gasteiger partial charge in [0.1, 0.15) is 0 Å². The molecule has 2 amide bonds. The van der Waals surface area contributed by atoms with Crippen LogP contribution in [-0.4, -0.2) is 30.8 Å². The molecule has 0 saturated carbocycles. The number of carbonyl (C=O) groups excluding carboxylic acids is 2. The van der Waals surface area contributed by atoms with Gasteiger partial charge < -0.3 is 10.2 Å². The molecule has 0 saturated heterocycles. The van der Waals surface area contributed by atoms with Gasteiger partial charge in [0.2, 0.25) is 5.91 Å². The Balaban J connectivity index is 1.86. The van der Waals surface area contributed by atoms with Crippen molar-refractivity contribution in [3.8, 4) is 0 Å². The van der Waals surface area contributed by atoms with E-state index in [9.17, 15) is 9.59 Å². The SMILES string of the molecule is CNC(=O)c1ccc(CN(C)C(=O)CCc2ccsc2)cc1. The average molecular weight is 316 g/mol. The van der Waals surface area contributed by atoms with E-state index in [-0.39, 0.29) is 11.8 Å². The molecule has 0 spiro atoms. The molecule has 1 aromatic heterocycles. The molecule has 116 valence electrons. The highest BCUT2D eigenvalue weighted by Gasteiger charge is 2.10. The Morgan fingerprint density at radius 2 is 1.86 bits per heavy atom. The number of benzene rings is 1. The van der Waals surface area contributed by atoms with Gasteiger partial charge in [-0.1, -0.05) is 12.1 Å². The van der Waals surface area contributed by atoms with Gasteiger partial charge in [0, 0.05) is 32.6 Å². The van der Waals surface area contributed by atoms with Crippen LogP contribution in [0, 0.1) is 0 Å². The number of aryl methyl sites for hydroxylation is 1. The van der Waals surface area contributed by atoms with Crippen LogP contribution in [0.3, 0.4) is 0 Å². The number of hydrogen-bond acceptors (Lipinski definition) is 3. The van der Waals surface area contributed by atoms with E-state index in [2.05, 4.69) is 16.8 Å². The van der Waals surface area contributed by atoms with Crippen LogP contribution in [0.25, 0.3) is 0 Å². The minimum absolute atomic E-state index is 0.105. The van der Waals surface area contributed by atoms with E-state index in [0.29, 0.717) is 18.5 Å². The third-order valence-electron chi connectivity index (χ3n) is 3.50. The first-order chi connectivity index (χ1) is 10.6. The van der Waals surface area contributed by atoms with Gasteiger partial charge in [0.15, 0.2) is 0 Å². The molecule has 1 heterocycles. The van der Waals surface area contributed by atoms with Crippen molar-refractivity contribution in [3.63, 3.8) is 0 Å². The Morgan fingerprint density at radius 3 is 2.45 bits per heavy atom. The van der Waals surface area contributed by atoms with Gasteiger partial charge in [-0.15, -0.1) is 0 Å². The van der Waals surface area contributed by atoms with E-state index < -0.39 is 0 Å². The average Bonchev–Trinajstić information content (AvgIpc) is 3.06. The topological polar surface area (TPSA) is 49.4 Å². The highest BCUT2D eigenvalue weighted by atomic mass is 32.1. The van der Waals surface area contributed by atoms with Crippen molar-refractivity contribution in [2.45, 2.75) is 19.4 Å². The van der Waals surface area contributed by atoms with Gasteiger partial charge in [-0.2, -0.15) is 11.3 Å². The maximum atomic E-state index is 12.1. The van der Waals surface area contributed by atoms with Gasteiger partial charge in [-0.3, -0.25) is 9.59 Å². The Bertz CT molecular complexity index is 621. The number of nitrogens with zero attached hydrogens (tertiary/aromatic N) is 1. The summed E-state index contributed by atoms with van der Waals surface area (Å²) in [5.74, 6) is 0.0216. The van der Waals surface area contributed by atoms with Crippen LogP contribution in [0.2, 0.25) is 0 Å². The van der Waals surface area contributed by atoms with Crippen molar-refractivity contribution in [3.05, 3.63) is 57.8 Å². The predicted molar refractivity (Wildman–Crippen MR) is 88.9 cm³/mol. The molecule has 0 atom stereocenters. The number of carbonyl (C=O) groups is 2. The van der Waals surface area contributed by atoms with Crippen LogP contribution in [0.5, 0.6) is 0 Å². The quantitative estimate of drug-likeness (QED) is 0.891. The molecule has 22 heavy (non-hydrogen) atoms. The molecule has 0 aliphatic heterocycles. The molecule has 1 N–H and O–H groups in total.